The average Bonchev–Trinajstić information content (AvgIpc) is 2.74. The molecule has 1 fully saturated rings. The Labute approximate surface area is 122 Å². The molecule has 1 aromatic rings. The number of nitrogens with zero attached hydrogens (tertiary/aromatic N) is 3. The van der Waals surface area contributed by atoms with Gasteiger partial charge in [-0.2, -0.15) is 0 Å². The number of aromatic nitrogens is 1. The van der Waals surface area contributed by atoms with Crippen LogP contribution in [0.25, 0.3) is 0 Å². The van der Waals surface area contributed by atoms with Gasteiger partial charge < -0.3 is 10.3 Å². The number of anilines is 1. The van der Waals surface area contributed by atoms with Crippen LogP contribution in [0.5, 0.6) is 0 Å². The van der Waals surface area contributed by atoms with Crippen molar-refractivity contribution in [1.82, 2.24) is 15.0 Å². The molecule has 0 aromatic carbocycles. The number of carbonyl (C=O) groups excluding carboxylic acids is 2. The first-order chi connectivity index (χ1) is 9.40. The van der Waals surface area contributed by atoms with Crippen LogP contribution in [0.1, 0.15) is 26.0 Å². The number of aryl methyl sites for hydroxylation is 1. The van der Waals surface area contributed by atoms with Gasteiger partial charge in [-0.25, -0.2) is 0 Å². The van der Waals surface area contributed by atoms with E-state index in [1.807, 2.05) is 13.8 Å². The van der Waals surface area contributed by atoms with Crippen molar-refractivity contribution >= 4 is 35.0 Å². The minimum absolute atomic E-state index is 0.0538. The van der Waals surface area contributed by atoms with Crippen LogP contribution < -0.4 is 5.73 Å². The summed E-state index contributed by atoms with van der Waals surface area (Å²) in [5.41, 5.74) is 5.17. The zero-order valence-corrected chi connectivity index (χ0v) is 12.6. The Balaban J connectivity index is 0.000000240. The smallest absolute Gasteiger partial charge is 0.238 e. The van der Waals surface area contributed by atoms with Gasteiger partial charge in [-0.15, -0.1) is 0 Å². The second kappa shape index (κ2) is 6.99. The zero-order chi connectivity index (χ0) is 15.3. The topological polar surface area (TPSA) is 92.7 Å². The first-order valence-corrected chi connectivity index (χ1v) is 6.65. The highest BCUT2D eigenvalue weighted by Gasteiger charge is 2.32. The quantitative estimate of drug-likeness (QED) is 0.645. The standard InChI is InChI=1S/C8H12N2O2S.C4H6N2O/c1-3-9-6(11)5-7(12)10(4-2)8(9)13;1-3-2-4(5)6-7-3/h3-5H2,1-2H3;2H,1H3,(H2,5,6). The monoisotopic (exact) mass is 298 g/mol. The molecule has 7 nitrogen and oxygen atoms in total. The molecule has 1 aromatic heterocycles. The van der Waals surface area contributed by atoms with Crippen LogP contribution in [-0.4, -0.2) is 45.0 Å². The molecule has 1 saturated heterocycles. The molecule has 0 saturated carbocycles. The molecular formula is C12H18N4O3S. The lowest BCUT2D eigenvalue weighted by Crippen LogP contribution is -2.54. The zero-order valence-electron chi connectivity index (χ0n) is 11.8. The van der Waals surface area contributed by atoms with Crippen molar-refractivity contribution in [3.05, 3.63) is 11.8 Å². The van der Waals surface area contributed by atoms with E-state index in [2.05, 4.69) is 9.68 Å². The summed E-state index contributed by atoms with van der Waals surface area (Å²) in [5.74, 6) is 0.805. The molecule has 0 atom stereocenters. The SMILES string of the molecule is CCN1C(=O)CC(=O)N(CC)C1=S.Cc1cc(N)no1. The molecule has 0 bridgehead atoms. The van der Waals surface area contributed by atoms with E-state index in [9.17, 15) is 9.59 Å². The maximum absolute atomic E-state index is 11.3. The van der Waals surface area contributed by atoms with E-state index in [0.29, 0.717) is 24.0 Å². The van der Waals surface area contributed by atoms with Gasteiger partial charge in [0.15, 0.2) is 10.9 Å². The Morgan fingerprint density at radius 3 is 2.05 bits per heavy atom. The number of hydrogen-bond acceptors (Lipinski definition) is 6. The number of carbonyl (C=O) groups is 2. The summed E-state index contributed by atoms with van der Waals surface area (Å²) in [6.45, 7) is 6.54. The minimum atomic E-state index is -0.192. The van der Waals surface area contributed by atoms with E-state index in [0.717, 1.165) is 5.76 Å². The van der Waals surface area contributed by atoms with E-state index in [4.69, 9.17) is 18.0 Å². The largest absolute Gasteiger partial charge is 0.381 e. The van der Waals surface area contributed by atoms with Gasteiger partial charge >= 0.3 is 0 Å². The van der Waals surface area contributed by atoms with Crippen molar-refractivity contribution in [2.75, 3.05) is 18.8 Å². The van der Waals surface area contributed by atoms with Crippen LogP contribution in [-0.2, 0) is 9.59 Å². The molecule has 0 unspecified atom stereocenters. The number of rotatable bonds is 2. The third-order valence-electron chi connectivity index (χ3n) is 2.65. The van der Waals surface area contributed by atoms with E-state index in [-0.39, 0.29) is 18.2 Å². The van der Waals surface area contributed by atoms with Crippen molar-refractivity contribution in [1.29, 1.82) is 0 Å². The number of hydrogen-bond donors (Lipinski definition) is 1. The van der Waals surface area contributed by atoms with Gasteiger partial charge in [0.05, 0.1) is 0 Å². The molecular weight excluding hydrogens is 280 g/mol. The molecule has 2 heterocycles. The van der Waals surface area contributed by atoms with E-state index in [1.54, 1.807) is 13.0 Å². The predicted octanol–water partition coefficient (Wildman–Crippen LogP) is 0.937. The van der Waals surface area contributed by atoms with Gasteiger partial charge in [0, 0.05) is 19.2 Å². The Bertz CT molecular complexity index is 474. The maximum Gasteiger partial charge on any atom is 0.238 e. The van der Waals surface area contributed by atoms with Crippen LogP contribution >= 0.6 is 12.2 Å². The Morgan fingerprint density at radius 2 is 1.80 bits per heavy atom. The van der Waals surface area contributed by atoms with Crippen molar-refractivity contribution in [3.8, 4) is 0 Å². The van der Waals surface area contributed by atoms with E-state index < -0.39 is 0 Å². The number of thiocarbonyl (C=S) groups is 1. The van der Waals surface area contributed by atoms with Crippen LogP contribution in [0, 0.1) is 6.92 Å². The summed E-state index contributed by atoms with van der Waals surface area (Å²) in [6, 6.07) is 1.67. The lowest BCUT2D eigenvalue weighted by molar-refractivity contribution is -0.140. The van der Waals surface area contributed by atoms with Gasteiger partial charge in [-0.3, -0.25) is 19.4 Å². The second-order valence-corrected chi connectivity index (χ2v) is 4.46. The lowest BCUT2D eigenvalue weighted by Gasteiger charge is -2.34. The van der Waals surface area contributed by atoms with Crippen molar-refractivity contribution in [3.63, 3.8) is 0 Å². The van der Waals surface area contributed by atoms with Gasteiger partial charge in [0.1, 0.15) is 12.2 Å². The normalized spacial score (nSPS) is 15.2. The third kappa shape index (κ3) is 3.77. The fourth-order valence-corrected chi connectivity index (χ4v) is 2.15. The molecule has 0 aliphatic carbocycles. The van der Waals surface area contributed by atoms with Crippen molar-refractivity contribution < 1.29 is 14.1 Å². The molecule has 110 valence electrons. The average molecular weight is 298 g/mol. The molecule has 2 N–H and O–H groups in total. The molecule has 1 aliphatic heterocycles. The fraction of sp³-hybridized carbons (Fsp3) is 0.500. The third-order valence-corrected chi connectivity index (χ3v) is 3.09. The van der Waals surface area contributed by atoms with Gasteiger partial charge in [-0.1, -0.05) is 5.16 Å². The highest BCUT2D eigenvalue weighted by molar-refractivity contribution is 7.80. The summed E-state index contributed by atoms with van der Waals surface area (Å²) >= 11 is 5.01. The summed E-state index contributed by atoms with van der Waals surface area (Å²) in [7, 11) is 0. The Morgan fingerprint density at radius 1 is 1.30 bits per heavy atom. The lowest BCUT2D eigenvalue weighted by atomic mass is 10.2. The Kier molecular flexibility index (Phi) is 5.63. The van der Waals surface area contributed by atoms with Gasteiger partial charge in [-0.05, 0) is 33.0 Å². The summed E-state index contributed by atoms with van der Waals surface area (Å²) in [6.07, 6.45) is -0.0538. The fourth-order valence-electron chi connectivity index (χ4n) is 1.69. The molecule has 0 radical (unpaired) electrons. The highest BCUT2D eigenvalue weighted by Crippen LogP contribution is 2.11. The van der Waals surface area contributed by atoms with Crippen LogP contribution in [0.2, 0.25) is 0 Å². The summed E-state index contributed by atoms with van der Waals surface area (Å²) in [4.78, 5) is 25.5. The summed E-state index contributed by atoms with van der Waals surface area (Å²) in [5, 5.41) is 3.76. The minimum Gasteiger partial charge on any atom is -0.381 e. The number of amides is 2. The number of nitrogens with two attached hydrogens (primary N) is 1. The first-order valence-electron chi connectivity index (χ1n) is 6.24. The molecule has 2 rings (SSSR count). The highest BCUT2D eigenvalue weighted by atomic mass is 32.1. The van der Waals surface area contributed by atoms with E-state index >= 15 is 0 Å². The molecule has 20 heavy (non-hydrogen) atoms. The van der Waals surface area contributed by atoms with Gasteiger partial charge in [0.25, 0.3) is 0 Å². The summed E-state index contributed by atoms with van der Waals surface area (Å²) < 4.78 is 4.59. The van der Waals surface area contributed by atoms with Crippen molar-refractivity contribution in [2.24, 2.45) is 0 Å². The van der Waals surface area contributed by atoms with Gasteiger partial charge in [0.2, 0.25) is 11.8 Å². The first kappa shape index (κ1) is 16.1. The Hall–Kier alpha value is -1.96. The molecule has 8 heteroatoms. The second-order valence-electron chi connectivity index (χ2n) is 4.10. The van der Waals surface area contributed by atoms with E-state index in [1.165, 1.54) is 9.80 Å². The van der Waals surface area contributed by atoms with Crippen molar-refractivity contribution in [2.45, 2.75) is 27.2 Å². The number of nitrogen functional groups attached to an aromatic ring is 1. The van der Waals surface area contributed by atoms with Crippen LogP contribution in [0.3, 0.4) is 0 Å². The van der Waals surface area contributed by atoms with Crippen LogP contribution in [0.4, 0.5) is 5.82 Å². The predicted molar refractivity (Wildman–Crippen MR) is 77.6 cm³/mol. The maximum atomic E-state index is 11.3. The molecule has 0 spiro atoms. The molecule has 2 amide bonds. The van der Waals surface area contributed by atoms with Crippen LogP contribution in [0.15, 0.2) is 10.6 Å². The molecule has 1 aliphatic rings.